The number of cyclic esters (lactones) is 1. The number of fused-ring (bicyclic) bond motifs is 1. The van der Waals surface area contributed by atoms with Gasteiger partial charge in [0, 0.05) is 24.3 Å². The first kappa shape index (κ1) is 13.7. The molecular weight excluding hydrogens is 262 g/mol. The average Bonchev–Trinajstić information content (AvgIpc) is 2.87. The third kappa shape index (κ3) is 2.40. The zero-order valence-electron chi connectivity index (χ0n) is 12.4. The number of benzene rings is 2. The van der Waals surface area contributed by atoms with Gasteiger partial charge in [-0.05, 0) is 37.6 Å². The highest BCUT2D eigenvalue weighted by molar-refractivity contribution is 5.94. The molecule has 108 valence electrons. The molecule has 1 aliphatic heterocycles. The quantitative estimate of drug-likeness (QED) is 0.798. The smallest absolute Gasteiger partial charge is 0.339 e. The molecule has 1 atom stereocenters. The van der Waals surface area contributed by atoms with Crippen LogP contribution >= 0.6 is 0 Å². The van der Waals surface area contributed by atoms with Gasteiger partial charge < -0.3 is 9.64 Å². The summed E-state index contributed by atoms with van der Waals surface area (Å²) < 4.78 is 5.52. The molecule has 3 nitrogen and oxygen atoms in total. The second-order valence-corrected chi connectivity index (χ2v) is 5.14. The van der Waals surface area contributed by atoms with Gasteiger partial charge in [0.1, 0.15) is 0 Å². The molecule has 2 aromatic rings. The molecule has 0 N–H and O–H groups in total. The molecule has 1 heterocycles. The third-order valence-electron chi connectivity index (χ3n) is 4.01. The Morgan fingerprint density at radius 2 is 1.67 bits per heavy atom. The first-order chi connectivity index (χ1) is 10.2. The van der Waals surface area contributed by atoms with Crippen molar-refractivity contribution in [3.05, 3.63) is 65.2 Å². The van der Waals surface area contributed by atoms with Gasteiger partial charge in [0.25, 0.3) is 0 Å². The molecule has 21 heavy (non-hydrogen) atoms. The van der Waals surface area contributed by atoms with Gasteiger partial charge in [0.05, 0.1) is 5.56 Å². The molecule has 3 heteroatoms. The lowest BCUT2D eigenvalue weighted by Gasteiger charge is -2.21. The van der Waals surface area contributed by atoms with Crippen molar-refractivity contribution >= 4 is 11.7 Å². The maximum atomic E-state index is 11.9. The van der Waals surface area contributed by atoms with Crippen molar-refractivity contribution in [3.63, 3.8) is 0 Å². The summed E-state index contributed by atoms with van der Waals surface area (Å²) in [4.78, 5) is 14.2. The van der Waals surface area contributed by atoms with Crippen LogP contribution in [0.4, 0.5) is 5.69 Å². The van der Waals surface area contributed by atoms with E-state index in [4.69, 9.17) is 4.74 Å². The Kier molecular flexibility index (Phi) is 3.65. The Hall–Kier alpha value is -2.29. The monoisotopic (exact) mass is 281 g/mol. The van der Waals surface area contributed by atoms with E-state index < -0.39 is 0 Å². The molecule has 0 aliphatic carbocycles. The second-order valence-electron chi connectivity index (χ2n) is 5.14. The Labute approximate surface area is 125 Å². The number of hydrogen-bond acceptors (Lipinski definition) is 3. The summed E-state index contributed by atoms with van der Waals surface area (Å²) in [6.07, 6.45) is -0.278. The topological polar surface area (TPSA) is 29.5 Å². The highest BCUT2D eigenvalue weighted by Gasteiger charge is 2.31. The molecule has 3 rings (SSSR count). The SMILES string of the molecule is CCN(CC)c1ccc(C2OC(=O)c3ccccc32)cc1. The van der Waals surface area contributed by atoms with E-state index in [0.29, 0.717) is 5.56 Å². The maximum Gasteiger partial charge on any atom is 0.339 e. The third-order valence-corrected chi connectivity index (χ3v) is 4.01. The van der Waals surface area contributed by atoms with E-state index in [0.717, 1.165) is 24.2 Å². The highest BCUT2D eigenvalue weighted by atomic mass is 16.5. The molecule has 0 spiro atoms. The van der Waals surface area contributed by atoms with Crippen molar-refractivity contribution in [1.82, 2.24) is 0 Å². The number of nitrogens with zero attached hydrogens (tertiary/aromatic N) is 1. The molecule has 1 aliphatic rings. The van der Waals surface area contributed by atoms with Crippen LogP contribution < -0.4 is 4.90 Å². The lowest BCUT2D eigenvalue weighted by Crippen LogP contribution is -2.21. The first-order valence-electron chi connectivity index (χ1n) is 7.39. The van der Waals surface area contributed by atoms with E-state index in [1.807, 2.05) is 36.4 Å². The lowest BCUT2D eigenvalue weighted by atomic mass is 9.99. The maximum absolute atomic E-state index is 11.9. The Morgan fingerprint density at radius 1 is 1.00 bits per heavy atom. The van der Waals surface area contributed by atoms with Crippen molar-refractivity contribution in [3.8, 4) is 0 Å². The van der Waals surface area contributed by atoms with Crippen molar-refractivity contribution in [1.29, 1.82) is 0 Å². The molecule has 0 aromatic heterocycles. The predicted octanol–water partition coefficient (Wildman–Crippen LogP) is 3.79. The Bertz CT molecular complexity index is 645. The number of ether oxygens (including phenoxy) is 1. The van der Waals surface area contributed by atoms with Crippen LogP contribution in [-0.2, 0) is 4.74 Å². The summed E-state index contributed by atoms with van der Waals surface area (Å²) in [5.41, 5.74) is 3.85. The van der Waals surface area contributed by atoms with Crippen LogP contribution in [0.5, 0.6) is 0 Å². The van der Waals surface area contributed by atoms with E-state index in [1.54, 1.807) is 0 Å². The Balaban J connectivity index is 1.91. The van der Waals surface area contributed by atoms with Crippen molar-refractivity contribution < 1.29 is 9.53 Å². The minimum absolute atomic E-state index is 0.233. The zero-order valence-corrected chi connectivity index (χ0v) is 12.4. The fraction of sp³-hybridized carbons (Fsp3) is 0.278. The van der Waals surface area contributed by atoms with Crippen molar-refractivity contribution in [2.24, 2.45) is 0 Å². The summed E-state index contributed by atoms with van der Waals surface area (Å²) in [6.45, 7) is 6.26. The summed E-state index contributed by atoms with van der Waals surface area (Å²) in [5, 5.41) is 0. The van der Waals surface area contributed by atoms with Gasteiger partial charge in [0.15, 0.2) is 6.10 Å². The number of esters is 1. The fourth-order valence-electron chi connectivity index (χ4n) is 2.84. The summed E-state index contributed by atoms with van der Waals surface area (Å²) in [7, 11) is 0. The van der Waals surface area contributed by atoms with Gasteiger partial charge in [-0.15, -0.1) is 0 Å². The molecule has 0 bridgehead atoms. The molecule has 2 aromatic carbocycles. The molecule has 0 radical (unpaired) electrons. The Morgan fingerprint density at radius 3 is 2.33 bits per heavy atom. The molecule has 0 saturated carbocycles. The predicted molar refractivity (Wildman–Crippen MR) is 83.7 cm³/mol. The molecule has 0 fully saturated rings. The van der Waals surface area contributed by atoms with Gasteiger partial charge >= 0.3 is 5.97 Å². The lowest BCUT2D eigenvalue weighted by molar-refractivity contribution is 0.0456. The summed E-state index contributed by atoms with van der Waals surface area (Å²) in [6, 6.07) is 15.9. The molecule has 0 amide bonds. The van der Waals surface area contributed by atoms with E-state index in [-0.39, 0.29) is 12.1 Å². The van der Waals surface area contributed by atoms with Gasteiger partial charge in [-0.2, -0.15) is 0 Å². The minimum atomic E-state index is -0.278. The number of carbonyl (C=O) groups excluding carboxylic acids is 1. The van der Waals surface area contributed by atoms with Crippen LogP contribution in [0.15, 0.2) is 48.5 Å². The molecule has 0 saturated heterocycles. The average molecular weight is 281 g/mol. The van der Waals surface area contributed by atoms with Gasteiger partial charge in [-0.25, -0.2) is 4.79 Å². The van der Waals surface area contributed by atoms with Crippen LogP contribution in [0.1, 0.15) is 41.4 Å². The first-order valence-corrected chi connectivity index (χ1v) is 7.39. The van der Waals surface area contributed by atoms with E-state index in [1.165, 1.54) is 5.69 Å². The molecule has 1 unspecified atom stereocenters. The fourth-order valence-corrected chi connectivity index (χ4v) is 2.84. The number of rotatable bonds is 4. The van der Waals surface area contributed by atoms with Crippen LogP contribution in [-0.4, -0.2) is 19.1 Å². The second kappa shape index (κ2) is 5.60. The van der Waals surface area contributed by atoms with Crippen LogP contribution in [0.2, 0.25) is 0 Å². The van der Waals surface area contributed by atoms with Crippen LogP contribution in [0, 0.1) is 0 Å². The van der Waals surface area contributed by atoms with Crippen molar-refractivity contribution in [2.75, 3.05) is 18.0 Å². The van der Waals surface area contributed by atoms with E-state index in [9.17, 15) is 4.79 Å². The highest BCUT2D eigenvalue weighted by Crippen LogP contribution is 2.36. The van der Waals surface area contributed by atoms with Crippen LogP contribution in [0.25, 0.3) is 0 Å². The number of carbonyl (C=O) groups is 1. The van der Waals surface area contributed by atoms with Gasteiger partial charge in [-0.1, -0.05) is 30.3 Å². The largest absolute Gasteiger partial charge is 0.449 e. The molecular formula is C18H19NO2. The number of hydrogen-bond donors (Lipinski definition) is 0. The summed E-state index contributed by atoms with van der Waals surface area (Å²) >= 11 is 0. The summed E-state index contributed by atoms with van der Waals surface area (Å²) in [5.74, 6) is -0.233. The minimum Gasteiger partial charge on any atom is -0.449 e. The normalized spacial score (nSPS) is 16.5. The standard InChI is InChI=1S/C18H19NO2/c1-3-19(4-2)14-11-9-13(10-12-14)17-15-7-5-6-8-16(15)18(20)21-17/h5-12,17H,3-4H2,1-2H3. The van der Waals surface area contributed by atoms with Gasteiger partial charge in [-0.3, -0.25) is 0 Å². The zero-order chi connectivity index (χ0) is 14.8. The van der Waals surface area contributed by atoms with E-state index in [2.05, 4.69) is 30.9 Å². The van der Waals surface area contributed by atoms with E-state index >= 15 is 0 Å². The van der Waals surface area contributed by atoms with Crippen molar-refractivity contribution in [2.45, 2.75) is 20.0 Å². The van der Waals surface area contributed by atoms with Gasteiger partial charge in [0.2, 0.25) is 0 Å². The van der Waals surface area contributed by atoms with Crippen LogP contribution in [0.3, 0.4) is 0 Å². The number of anilines is 1.